The van der Waals surface area contributed by atoms with Crippen molar-refractivity contribution in [3.63, 3.8) is 0 Å². The molecule has 0 saturated carbocycles. The van der Waals surface area contributed by atoms with Crippen molar-refractivity contribution in [2.75, 3.05) is 26.3 Å². The van der Waals surface area contributed by atoms with Crippen LogP contribution in [0.15, 0.2) is 90.9 Å². The minimum Gasteiger partial charge on any atom is -0.379 e. The van der Waals surface area contributed by atoms with Gasteiger partial charge in [-0.05, 0) is 47.8 Å². The smallest absolute Gasteiger partial charge is 0.243 e. The fourth-order valence-corrected chi connectivity index (χ4v) is 6.63. The Kier molecular flexibility index (Phi) is 7.42. The van der Waals surface area contributed by atoms with Crippen molar-refractivity contribution in [2.45, 2.75) is 4.90 Å². The molecular weight excluding hydrogens is 568 g/mol. The molecule has 0 aliphatic carbocycles. The fraction of sp³-hybridized carbons (Fsp3) is 0.167. The van der Waals surface area contributed by atoms with Crippen molar-refractivity contribution in [3.8, 4) is 11.3 Å². The van der Waals surface area contributed by atoms with Gasteiger partial charge >= 0.3 is 0 Å². The Morgan fingerprint density at radius 3 is 2.40 bits per heavy atom. The number of hydrogen-bond acceptors (Lipinski definition) is 7. The molecule has 2 aromatic carbocycles. The van der Waals surface area contributed by atoms with Crippen LogP contribution in [-0.2, 0) is 14.8 Å². The summed E-state index contributed by atoms with van der Waals surface area (Å²) in [5.74, 6) is 0. The van der Waals surface area contributed by atoms with Crippen LogP contribution in [0.1, 0.15) is 4.88 Å². The molecule has 4 aromatic rings. The van der Waals surface area contributed by atoms with Crippen LogP contribution in [0.25, 0.3) is 11.3 Å². The molecule has 1 aliphatic rings. The lowest BCUT2D eigenvalue weighted by Crippen LogP contribution is -2.40. The van der Waals surface area contributed by atoms with E-state index in [-0.39, 0.29) is 4.90 Å². The van der Waals surface area contributed by atoms with E-state index in [2.05, 4.69) is 15.9 Å². The first-order chi connectivity index (χ1) is 17.0. The molecule has 180 valence electrons. The van der Waals surface area contributed by atoms with Crippen LogP contribution in [0.3, 0.4) is 0 Å². The van der Waals surface area contributed by atoms with Crippen molar-refractivity contribution < 1.29 is 13.2 Å². The molecule has 7 nitrogen and oxygen atoms in total. The summed E-state index contributed by atoms with van der Waals surface area (Å²) in [5.41, 5.74) is 2.58. The summed E-state index contributed by atoms with van der Waals surface area (Å²) in [7, 11) is -3.55. The normalized spacial score (nSPS) is 15.7. The molecule has 0 bridgehead atoms. The van der Waals surface area contributed by atoms with Gasteiger partial charge in [-0.3, -0.25) is 0 Å². The summed E-state index contributed by atoms with van der Waals surface area (Å²) < 4.78 is 35.4. The Hall–Kier alpha value is -2.41. The first-order valence-corrected chi connectivity index (χ1v) is 14.8. The first-order valence-electron chi connectivity index (χ1n) is 10.8. The number of nitrogens with zero attached hydrogens (tertiary/aromatic N) is 4. The number of rotatable bonds is 6. The van der Waals surface area contributed by atoms with E-state index >= 15 is 0 Å². The van der Waals surface area contributed by atoms with E-state index in [1.54, 1.807) is 35.6 Å². The molecule has 0 N–H and O–H groups in total. The van der Waals surface area contributed by atoms with Crippen LogP contribution in [0.2, 0.25) is 0 Å². The molecule has 0 spiro atoms. The van der Waals surface area contributed by atoms with Gasteiger partial charge in [0.25, 0.3) is 0 Å². The summed E-state index contributed by atoms with van der Waals surface area (Å²) in [6.07, 6.45) is 1.82. The number of thiazole rings is 1. The van der Waals surface area contributed by atoms with Gasteiger partial charge in [-0.1, -0.05) is 34.1 Å². The zero-order valence-corrected chi connectivity index (χ0v) is 22.5. The average Bonchev–Trinajstić information content (AvgIpc) is 3.54. The van der Waals surface area contributed by atoms with E-state index in [0.717, 1.165) is 20.6 Å². The molecule has 3 heterocycles. The van der Waals surface area contributed by atoms with Crippen molar-refractivity contribution in [3.05, 3.63) is 85.6 Å². The Labute approximate surface area is 219 Å². The molecule has 0 amide bonds. The number of thiophene rings is 1. The van der Waals surface area contributed by atoms with Gasteiger partial charge in [-0.2, -0.15) is 9.41 Å². The van der Waals surface area contributed by atoms with E-state index < -0.39 is 10.0 Å². The zero-order chi connectivity index (χ0) is 24.3. The summed E-state index contributed by atoms with van der Waals surface area (Å²) >= 11 is 6.57. The van der Waals surface area contributed by atoms with Gasteiger partial charge in [0.05, 0.1) is 35.7 Å². The summed E-state index contributed by atoms with van der Waals surface area (Å²) in [6.45, 7) is 1.56. The van der Waals surface area contributed by atoms with Gasteiger partial charge in [0.1, 0.15) is 0 Å². The molecule has 35 heavy (non-hydrogen) atoms. The highest BCUT2D eigenvalue weighted by Crippen LogP contribution is 2.24. The van der Waals surface area contributed by atoms with Gasteiger partial charge in [-0.25, -0.2) is 18.1 Å². The molecule has 0 unspecified atom stereocenters. The predicted molar refractivity (Wildman–Crippen MR) is 144 cm³/mol. The zero-order valence-electron chi connectivity index (χ0n) is 18.5. The molecule has 5 rings (SSSR count). The topological polar surface area (TPSA) is 76.3 Å². The van der Waals surface area contributed by atoms with Crippen LogP contribution >= 0.6 is 38.6 Å². The van der Waals surface area contributed by atoms with Gasteiger partial charge in [0, 0.05) is 33.4 Å². The number of benzene rings is 2. The van der Waals surface area contributed by atoms with Crippen LogP contribution in [0.5, 0.6) is 0 Å². The van der Waals surface area contributed by atoms with Gasteiger partial charge in [-0.15, -0.1) is 22.7 Å². The SMILES string of the molecule is O=S(=O)(c1ccc(N=c2scc(-c3ccc(Br)cc3)n2N=Cc2cccs2)cc1)N1CCOCC1. The summed E-state index contributed by atoms with van der Waals surface area (Å²) in [4.78, 5) is 6.74. The minimum absolute atomic E-state index is 0.253. The summed E-state index contributed by atoms with van der Waals surface area (Å²) in [5, 5.41) is 8.74. The Morgan fingerprint density at radius 1 is 0.971 bits per heavy atom. The van der Waals surface area contributed by atoms with Crippen LogP contribution in [-0.4, -0.2) is 49.9 Å². The highest BCUT2D eigenvalue weighted by molar-refractivity contribution is 9.10. The Bertz CT molecular complexity index is 1480. The quantitative estimate of drug-likeness (QED) is 0.291. The Morgan fingerprint density at radius 2 is 1.71 bits per heavy atom. The second-order valence-corrected chi connectivity index (χ2v) is 12.3. The molecule has 1 saturated heterocycles. The highest BCUT2D eigenvalue weighted by atomic mass is 79.9. The molecule has 1 aliphatic heterocycles. The number of morpholine rings is 1. The van der Waals surface area contributed by atoms with E-state index in [4.69, 9.17) is 14.8 Å². The maximum absolute atomic E-state index is 12.9. The number of halogens is 1. The van der Waals surface area contributed by atoms with Crippen molar-refractivity contribution in [1.82, 2.24) is 8.98 Å². The van der Waals surface area contributed by atoms with Crippen molar-refractivity contribution >= 4 is 60.5 Å². The van der Waals surface area contributed by atoms with E-state index in [1.165, 1.54) is 15.6 Å². The van der Waals surface area contributed by atoms with Crippen molar-refractivity contribution in [1.29, 1.82) is 0 Å². The molecule has 0 atom stereocenters. The molecular formula is C24H21BrN4O3S3. The first kappa shape index (κ1) is 24.3. The van der Waals surface area contributed by atoms with E-state index in [9.17, 15) is 8.42 Å². The average molecular weight is 590 g/mol. The standard InChI is InChI=1S/C24H21BrN4O3S3/c25-19-5-3-18(4-6-19)23-17-34-24(29(23)26-16-21-2-1-15-33-21)27-20-7-9-22(10-8-20)35(30,31)28-11-13-32-14-12-28/h1-10,15-17H,11-14H2. The highest BCUT2D eigenvalue weighted by Gasteiger charge is 2.26. The third kappa shape index (κ3) is 5.55. The van der Waals surface area contributed by atoms with Crippen LogP contribution in [0.4, 0.5) is 5.69 Å². The third-order valence-electron chi connectivity index (χ3n) is 5.34. The molecule has 0 radical (unpaired) electrons. The van der Waals surface area contributed by atoms with Crippen LogP contribution in [0, 0.1) is 0 Å². The lowest BCUT2D eigenvalue weighted by Gasteiger charge is -2.26. The Balaban J connectivity index is 1.50. The van der Waals surface area contributed by atoms with Gasteiger partial charge < -0.3 is 4.74 Å². The predicted octanol–water partition coefficient (Wildman–Crippen LogP) is 5.18. The van der Waals surface area contributed by atoms with Crippen LogP contribution < -0.4 is 4.80 Å². The number of aromatic nitrogens is 1. The van der Waals surface area contributed by atoms with E-state index in [0.29, 0.717) is 36.8 Å². The molecule has 1 fully saturated rings. The number of sulfonamides is 1. The van der Waals surface area contributed by atoms with Gasteiger partial charge in [0.15, 0.2) is 0 Å². The van der Waals surface area contributed by atoms with Crippen molar-refractivity contribution in [2.24, 2.45) is 10.1 Å². The number of ether oxygens (including phenoxy) is 1. The van der Waals surface area contributed by atoms with E-state index in [1.807, 2.05) is 58.0 Å². The second kappa shape index (κ2) is 10.7. The molecule has 2 aromatic heterocycles. The lowest BCUT2D eigenvalue weighted by molar-refractivity contribution is 0.0730. The fourth-order valence-electron chi connectivity index (χ4n) is 3.53. The summed E-state index contributed by atoms with van der Waals surface area (Å²) in [6, 6.07) is 18.7. The third-order valence-corrected chi connectivity index (χ3v) is 9.40. The monoisotopic (exact) mass is 588 g/mol. The maximum Gasteiger partial charge on any atom is 0.243 e. The van der Waals surface area contributed by atoms with Gasteiger partial charge in [0.2, 0.25) is 14.8 Å². The largest absolute Gasteiger partial charge is 0.379 e. The second-order valence-electron chi connectivity index (χ2n) is 7.60. The minimum atomic E-state index is -3.55. The molecule has 11 heteroatoms. The lowest BCUT2D eigenvalue weighted by atomic mass is 10.2. The maximum atomic E-state index is 12.9. The number of hydrogen-bond donors (Lipinski definition) is 0.